The van der Waals surface area contributed by atoms with Crippen LogP contribution in [0.4, 0.5) is 22.7 Å². The number of hydrogen-bond donors (Lipinski definition) is 6. The van der Waals surface area contributed by atoms with Gasteiger partial charge in [-0.1, -0.05) is 17.8 Å². The average Bonchev–Trinajstić information content (AvgIpc) is 3.06. The topological polar surface area (TPSA) is 192 Å². The number of allylic oxidation sites excluding steroid dienone is 2. The van der Waals surface area contributed by atoms with E-state index in [9.17, 15) is 0 Å². The molecule has 3 aliphatic heterocycles. The summed E-state index contributed by atoms with van der Waals surface area (Å²) in [5.41, 5.74) is 31.1. The van der Waals surface area contributed by atoms with Crippen molar-refractivity contribution < 1.29 is 5.41 Å². The molecule has 3 aromatic rings. The van der Waals surface area contributed by atoms with Gasteiger partial charge >= 0.3 is 0 Å². The number of nitrogens with two attached hydrogens (primary N) is 5. The molecule has 11 N–H and O–H groups in total. The maximum atomic E-state index is 7.58. The van der Waals surface area contributed by atoms with E-state index in [0.29, 0.717) is 5.36 Å². The SMILES string of the molecule is N=c1ccc2nc3ccc(N)cc3sc-2c1.Nc1ccc2c(c1)SC1=CC(N)C=CC1=N2.Nc1ccc2nc3ccc(=[NH2+])cc-3sc2c1. The van der Waals surface area contributed by atoms with Crippen LogP contribution in [-0.4, -0.2) is 21.7 Å². The Morgan fingerprint density at radius 3 is 1.98 bits per heavy atom. The highest BCUT2D eigenvalue weighted by molar-refractivity contribution is 8.04. The second kappa shape index (κ2) is 13.0. The molecule has 0 aromatic heterocycles. The molecule has 0 saturated carbocycles. The van der Waals surface area contributed by atoms with E-state index in [1.54, 1.807) is 40.5 Å². The number of nitrogen functional groups attached to an aromatic ring is 3. The van der Waals surface area contributed by atoms with Crippen LogP contribution in [0.3, 0.4) is 0 Å². The van der Waals surface area contributed by atoms with E-state index < -0.39 is 0 Å². The van der Waals surface area contributed by atoms with Crippen molar-refractivity contribution in [1.82, 2.24) is 9.97 Å². The Hall–Kier alpha value is -5.40. The summed E-state index contributed by atoms with van der Waals surface area (Å²) < 4.78 is 2.14. The number of thioether (sulfide) groups is 1. The molecule has 9 nitrogen and oxygen atoms in total. The van der Waals surface area contributed by atoms with Gasteiger partial charge in [0.15, 0.2) is 5.36 Å². The molecule has 0 spiro atoms. The molecule has 6 aliphatic rings. The van der Waals surface area contributed by atoms with Crippen LogP contribution in [0.15, 0.2) is 124 Å². The van der Waals surface area contributed by atoms with E-state index in [2.05, 4.69) is 15.0 Å². The van der Waals surface area contributed by atoms with E-state index in [4.69, 9.17) is 33.8 Å². The fourth-order valence-corrected chi connectivity index (χ4v) is 8.24. The number of nitrogens with zero attached hydrogens (tertiary/aromatic N) is 3. The predicted molar refractivity (Wildman–Crippen MR) is 201 cm³/mol. The van der Waals surface area contributed by atoms with Gasteiger partial charge in [0.25, 0.3) is 0 Å². The molecular weight excluding hydrogens is 655 g/mol. The monoisotopic (exact) mass is 684 g/mol. The van der Waals surface area contributed by atoms with Gasteiger partial charge in [-0.15, -0.1) is 22.7 Å². The smallest absolute Gasteiger partial charge is 0.198 e. The number of anilines is 3. The Morgan fingerprint density at radius 1 is 0.688 bits per heavy atom. The first-order chi connectivity index (χ1) is 23.2. The van der Waals surface area contributed by atoms with Crippen molar-refractivity contribution in [3.63, 3.8) is 0 Å². The highest BCUT2D eigenvalue weighted by Gasteiger charge is 2.19. The first-order valence-corrected chi connectivity index (χ1v) is 17.3. The van der Waals surface area contributed by atoms with Crippen LogP contribution in [0.2, 0.25) is 0 Å². The molecule has 3 aromatic carbocycles. The lowest BCUT2D eigenvalue weighted by atomic mass is 10.1. The van der Waals surface area contributed by atoms with Gasteiger partial charge in [0.2, 0.25) is 0 Å². The minimum absolute atomic E-state index is 0.0101. The first kappa shape index (κ1) is 31.2. The quantitative estimate of drug-likeness (QED) is 0.0918. The second-order valence-electron chi connectivity index (χ2n) is 11.1. The van der Waals surface area contributed by atoms with Gasteiger partial charge in [-0.3, -0.25) is 5.41 Å². The molecule has 0 bridgehead atoms. The lowest BCUT2D eigenvalue weighted by molar-refractivity contribution is -0.172. The standard InChI is InChI=1S/C12H11N3S.2C12H9N3S/c3*13-7-1-3-9-11(5-7)16-12-6-8(14)2-4-10(12)15-9/h1-7H,13-14H2;2*1-6,13H,14H2/p+1. The normalized spacial score (nSPS) is 14.6. The lowest BCUT2D eigenvalue weighted by Crippen LogP contribution is -2.44. The molecule has 12 heteroatoms. The zero-order valence-electron chi connectivity index (χ0n) is 25.4. The van der Waals surface area contributed by atoms with E-state index in [1.807, 2.05) is 103 Å². The third-order valence-electron chi connectivity index (χ3n) is 7.35. The van der Waals surface area contributed by atoms with Gasteiger partial charge in [0.1, 0.15) is 0 Å². The van der Waals surface area contributed by atoms with Crippen molar-refractivity contribution in [2.45, 2.75) is 10.9 Å². The van der Waals surface area contributed by atoms with Crippen LogP contribution in [0.1, 0.15) is 0 Å². The van der Waals surface area contributed by atoms with E-state index in [0.717, 1.165) is 85.2 Å². The zero-order valence-corrected chi connectivity index (χ0v) is 27.9. The molecule has 236 valence electrons. The summed E-state index contributed by atoms with van der Waals surface area (Å²) in [7, 11) is 0. The summed E-state index contributed by atoms with van der Waals surface area (Å²) in [5, 5.41) is 14.6. The van der Waals surface area contributed by atoms with Gasteiger partial charge < -0.3 is 28.3 Å². The number of nitrogens with one attached hydrogen (secondary N) is 1. The van der Waals surface area contributed by atoms with Crippen molar-refractivity contribution >= 4 is 83.3 Å². The average molecular weight is 685 g/mol. The van der Waals surface area contributed by atoms with Crippen molar-refractivity contribution in [2.75, 3.05) is 17.2 Å². The Morgan fingerprint density at radius 2 is 1.29 bits per heavy atom. The number of aliphatic imine (C=N–C) groups is 1. The number of aromatic nitrogens is 2. The lowest BCUT2D eigenvalue weighted by Gasteiger charge is -2.20. The Balaban J connectivity index is 0.000000114. The summed E-state index contributed by atoms with van der Waals surface area (Å²) >= 11 is 4.95. The summed E-state index contributed by atoms with van der Waals surface area (Å²) in [6.07, 6.45) is 5.95. The van der Waals surface area contributed by atoms with E-state index >= 15 is 0 Å². The van der Waals surface area contributed by atoms with E-state index in [1.165, 1.54) is 0 Å². The first-order valence-electron chi connectivity index (χ1n) is 14.8. The van der Waals surface area contributed by atoms with Gasteiger partial charge in [-0.2, -0.15) is 0 Å². The Kier molecular flexibility index (Phi) is 8.46. The third kappa shape index (κ3) is 6.82. The van der Waals surface area contributed by atoms with Crippen molar-refractivity contribution in [3.8, 4) is 21.1 Å². The molecule has 0 fully saturated rings. The van der Waals surface area contributed by atoms with Crippen molar-refractivity contribution in [1.29, 1.82) is 5.41 Å². The predicted octanol–water partition coefficient (Wildman–Crippen LogP) is 5.33. The molecule has 0 radical (unpaired) electrons. The molecule has 9 rings (SSSR count). The van der Waals surface area contributed by atoms with Gasteiger partial charge in [-0.05, 0) is 91.0 Å². The van der Waals surface area contributed by atoms with Crippen LogP contribution in [-0.2, 0) is 0 Å². The Labute approximate surface area is 287 Å². The molecule has 3 heterocycles. The molecule has 0 amide bonds. The van der Waals surface area contributed by atoms with Crippen molar-refractivity contribution in [2.24, 2.45) is 10.7 Å². The second-order valence-corrected chi connectivity index (χ2v) is 14.3. The fourth-order valence-electron chi connectivity index (χ4n) is 5.03. The van der Waals surface area contributed by atoms with Crippen LogP contribution in [0.25, 0.3) is 41.6 Å². The van der Waals surface area contributed by atoms with Crippen LogP contribution >= 0.6 is 34.4 Å². The minimum atomic E-state index is -0.0101. The maximum absolute atomic E-state index is 7.58. The summed E-state index contributed by atoms with van der Waals surface area (Å²) in [6, 6.07) is 28.4. The Bertz CT molecular complexity index is 2370. The fraction of sp³-hybridized carbons (Fsp3) is 0.0278. The van der Waals surface area contributed by atoms with Gasteiger partial charge in [-0.25, -0.2) is 15.0 Å². The summed E-state index contributed by atoms with van der Waals surface area (Å²) in [6.45, 7) is 0. The number of benzene rings is 5. The van der Waals surface area contributed by atoms with E-state index in [-0.39, 0.29) is 6.04 Å². The third-order valence-corrected chi connectivity index (χ3v) is 10.6. The highest BCUT2D eigenvalue weighted by Crippen LogP contribution is 2.42. The number of fused-ring (bicyclic) bond motifs is 6. The maximum Gasteiger partial charge on any atom is 0.198 e. The number of hydrogen-bond acceptors (Lipinski definition) is 11. The minimum Gasteiger partial charge on any atom is -0.399 e. The zero-order chi connectivity index (χ0) is 33.4. The molecule has 1 atom stereocenters. The van der Waals surface area contributed by atoms with Gasteiger partial charge in [0.05, 0.1) is 58.3 Å². The molecule has 1 unspecified atom stereocenters. The molecule has 48 heavy (non-hydrogen) atoms. The molecule has 3 aliphatic carbocycles. The van der Waals surface area contributed by atoms with Crippen LogP contribution < -0.4 is 39.1 Å². The largest absolute Gasteiger partial charge is 0.399 e. The number of rotatable bonds is 0. The van der Waals surface area contributed by atoms with Gasteiger partial charge in [0, 0.05) is 45.0 Å². The molecule has 0 saturated heterocycles. The van der Waals surface area contributed by atoms with Crippen LogP contribution in [0, 0.1) is 5.41 Å². The highest BCUT2D eigenvalue weighted by atomic mass is 32.2. The van der Waals surface area contributed by atoms with Crippen molar-refractivity contribution in [3.05, 3.63) is 125 Å². The molecular formula is C36H30N9S3+. The summed E-state index contributed by atoms with van der Waals surface area (Å²) in [5.74, 6) is 0. The van der Waals surface area contributed by atoms with Crippen LogP contribution in [0.5, 0.6) is 0 Å². The summed E-state index contributed by atoms with van der Waals surface area (Å²) in [4.78, 5) is 18.0.